The van der Waals surface area contributed by atoms with Crippen molar-refractivity contribution in [1.29, 1.82) is 0 Å². The Morgan fingerprint density at radius 3 is 2.60 bits per heavy atom. The van der Waals surface area contributed by atoms with E-state index in [1.165, 1.54) is 0 Å². The van der Waals surface area contributed by atoms with Crippen LogP contribution in [0.15, 0.2) is 30.3 Å². The first-order valence-electron chi connectivity index (χ1n) is 8.91. The van der Waals surface area contributed by atoms with Crippen molar-refractivity contribution in [3.63, 3.8) is 0 Å². The fourth-order valence-corrected chi connectivity index (χ4v) is 6.27. The summed E-state index contributed by atoms with van der Waals surface area (Å²) in [4.78, 5) is 16.6. The monoisotopic (exact) mass is 364 g/mol. The maximum atomic E-state index is 12.8. The Bertz CT molecular complexity index is 731. The zero-order chi connectivity index (χ0) is 17.4. The molecule has 3 aliphatic rings. The van der Waals surface area contributed by atoms with Crippen LogP contribution in [0, 0.1) is 0 Å². The molecule has 25 heavy (non-hydrogen) atoms. The average Bonchev–Trinajstić information content (AvgIpc) is 3.19. The highest BCUT2D eigenvalue weighted by atomic mass is 32.2. The summed E-state index contributed by atoms with van der Waals surface area (Å²) >= 11 is 0. The lowest BCUT2D eigenvalue weighted by atomic mass is 10.0. The van der Waals surface area contributed by atoms with Gasteiger partial charge in [-0.15, -0.1) is 0 Å². The number of nitrogens with zero attached hydrogens (tertiary/aromatic N) is 2. The number of piperazine rings is 1. The van der Waals surface area contributed by atoms with Gasteiger partial charge in [0.05, 0.1) is 30.2 Å². The number of carbonyl (C=O) groups excluding carboxylic acids is 1. The summed E-state index contributed by atoms with van der Waals surface area (Å²) in [5, 5.41) is 0. The van der Waals surface area contributed by atoms with Crippen molar-refractivity contribution in [2.24, 2.45) is 0 Å². The van der Waals surface area contributed by atoms with Crippen LogP contribution < -0.4 is 0 Å². The standard InChI is InChI=1S/C18H24N2O4S/c21-18-11-19(9-14-5-2-1-3-6-14)16-12-25(22,23)13-17(16)20(18)10-15-7-4-8-24-15/h1-3,5-6,15-17H,4,7-13H2. The average molecular weight is 364 g/mol. The van der Waals surface area contributed by atoms with Crippen molar-refractivity contribution < 1.29 is 17.9 Å². The number of fused-ring (bicyclic) bond motifs is 1. The van der Waals surface area contributed by atoms with Gasteiger partial charge in [-0.05, 0) is 18.4 Å². The Morgan fingerprint density at radius 2 is 1.88 bits per heavy atom. The molecule has 4 rings (SSSR count). The van der Waals surface area contributed by atoms with E-state index in [1.54, 1.807) is 4.90 Å². The van der Waals surface area contributed by atoms with Crippen molar-refractivity contribution in [2.75, 3.05) is 31.2 Å². The molecular weight excluding hydrogens is 340 g/mol. The second kappa shape index (κ2) is 6.70. The fraction of sp³-hybridized carbons (Fsp3) is 0.611. The van der Waals surface area contributed by atoms with Gasteiger partial charge < -0.3 is 9.64 Å². The first-order chi connectivity index (χ1) is 12.0. The molecule has 7 heteroatoms. The van der Waals surface area contributed by atoms with Crippen LogP contribution in [0.5, 0.6) is 0 Å². The van der Waals surface area contributed by atoms with Crippen LogP contribution in [-0.2, 0) is 25.9 Å². The van der Waals surface area contributed by atoms with E-state index in [-0.39, 0.29) is 42.1 Å². The van der Waals surface area contributed by atoms with Crippen molar-refractivity contribution in [1.82, 2.24) is 9.80 Å². The van der Waals surface area contributed by atoms with Crippen LogP contribution in [0.25, 0.3) is 0 Å². The van der Waals surface area contributed by atoms with Gasteiger partial charge in [-0.3, -0.25) is 9.69 Å². The highest BCUT2D eigenvalue weighted by molar-refractivity contribution is 7.91. The molecule has 0 N–H and O–H groups in total. The molecule has 0 aliphatic carbocycles. The molecule has 0 aromatic heterocycles. The summed E-state index contributed by atoms with van der Waals surface area (Å²) in [6.07, 6.45) is 2.01. The van der Waals surface area contributed by atoms with Gasteiger partial charge in [0.15, 0.2) is 9.84 Å². The molecule has 0 saturated carbocycles. The van der Waals surface area contributed by atoms with Gasteiger partial charge in [-0.2, -0.15) is 0 Å². The van der Waals surface area contributed by atoms with Gasteiger partial charge in [0, 0.05) is 25.7 Å². The highest BCUT2D eigenvalue weighted by Gasteiger charge is 2.49. The molecule has 3 unspecified atom stereocenters. The summed E-state index contributed by atoms with van der Waals surface area (Å²) < 4.78 is 30.2. The van der Waals surface area contributed by atoms with Crippen LogP contribution >= 0.6 is 0 Å². The number of ether oxygens (including phenoxy) is 1. The predicted octanol–water partition coefficient (Wildman–Crippen LogP) is 0.675. The summed E-state index contributed by atoms with van der Waals surface area (Å²) in [6.45, 7) is 2.14. The number of carbonyl (C=O) groups is 1. The molecule has 3 saturated heterocycles. The number of benzene rings is 1. The van der Waals surface area contributed by atoms with E-state index in [2.05, 4.69) is 0 Å². The lowest BCUT2D eigenvalue weighted by Gasteiger charge is -2.44. The molecule has 1 aromatic carbocycles. The smallest absolute Gasteiger partial charge is 0.237 e. The molecule has 1 aromatic rings. The largest absolute Gasteiger partial charge is 0.376 e. The molecule has 136 valence electrons. The van der Waals surface area contributed by atoms with Gasteiger partial charge in [0.2, 0.25) is 5.91 Å². The normalized spacial score (nSPS) is 32.1. The Balaban J connectivity index is 1.55. The van der Waals surface area contributed by atoms with Gasteiger partial charge in [-0.25, -0.2) is 8.42 Å². The Labute approximate surface area is 148 Å². The van der Waals surface area contributed by atoms with Crippen molar-refractivity contribution >= 4 is 15.7 Å². The van der Waals surface area contributed by atoms with E-state index in [1.807, 2.05) is 35.2 Å². The Morgan fingerprint density at radius 1 is 1.12 bits per heavy atom. The minimum atomic E-state index is -3.12. The maximum Gasteiger partial charge on any atom is 0.237 e. The maximum absolute atomic E-state index is 12.8. The third-order valence-electron chi connectivity index (χ3n) is 5.47. The molecule has 1 amide bonds. The first-order valence-corrected chi connectivity index (χ1v) is 10.7. The van der Waals surface area contributed by atoms with Crippen molar-refractivity contribution in [2.45, 2.75) is 37.6 Å². The molecule has 0 spiro atoms. The summed E-state index contributed by atoms with van der Waals surface area (Å²) in [6, 6.07) is 9.55. The summed E-state index contributed by atoms with van der Waals surface area (Å²) in [7, 11) is -3.12. The zero-order valence-corrected chi connectivity index (χ0v) is 15.0. The Hall–Kier alpha value is -1.44. The van der Waals surface area contributed by atoms with Crippen LogP contribution in [-0.4, -0.2) is 73.5 Å². The zero-order valence-electron chi connectivity index (χ0n) is 14.2. The second-order valence-corrected chi connectivity index (χ2v) is 9.44. The Kier molecular flexibility index (Phi) is 4.56. The van der Waals surface area contributed by atoms with Crippen LogP contribution in [0.4, 0.5) is 0 Å². The van der Waals surface area contributed by atoms with E-state index in [0.29, 0.717) is 13.1 Å². The van der Waals surface area contributed by atoms with Crippen LogP contribution in [0.3, 0.4) is 0 Å². The van der Waals surface area contributed by atoms with E-state index >= 15 is 0 Å². The molecular formula is C18H24N2O4S. The number of sulfone groups is 1. The third-order valence-corrected chi connectivity index (χ3v) is 7.17. The van der Waals surface area contributed by atoms with E-state index < -0.39 is 9.84 Å². The van der Waals surface area contributed by atoms with E-state index in [4.69, 9.17) is 4.74 Å². The summed E-state index contributed by atoms with van der Waals surface area (Å²) in [5.41, 5.74) is 1.10. The van der Waals surface area contributed by atoms with E-state index in [9.17, 15) is 13.2 Å². The predicted molar refractivity (Wildman–Crippen MR) is 93.8 cm³/mol. The first kappa shape index (κ1) is 17.0. The second-order valence-electron chi connectivity index (χ2n) is 7.28. The van der Waals surface area contributed by atoms with Crippen molar-refractivity contribution in [3.8, 4) is 0 Å². The van der Waals surface area contributed by atoms with Gasteiger partial charge in [0.25, 0.3) is 0 Å². The van der Waals surface area contributed by atoms with E-state index in [0.717, 1.165) is 25.0 Å². The SMILES string of the molecule is O=C1CN(Cc2ccccc2)C2CS(=O)(=O)CC2N1CC1CCCO1. The van der Waals surface area contributed by atoms with Gasteiger partial charge in [-0.1, -0.05) is 30.3 Å². The molecule has 6 nitrogen and oxygen atoms in total. The minimum Gasteiger partial charge on any atom is -0.376 e. The highest BCUT2D eigenvalue weighted by Crippen LogP contribution is 2.30. The van der Waals surface area contributed by atoms with Gasteiger partial charge >= 0.3 is 0 Å². The lowest BCUT2D eigenvalue weighted by molar-refractivity contribution is -0.144. The number of rotatable bonds is 4. The van der Waals surface area contributed by atoms with Crippen molar-refractivity contribution in [3.05, 3.63) is 35.9 Å². The lowest BCUT2D eigenvalue weighted by Crippen LogP contribution is -2.62. The number of amides is 1. The molecule has 0 bridgehead atoms. The minimum absolute atomic E-state index is 0.0183. The van der Waals surface area contributed by atoms with Gasteiger partial charge in [0.1, 0.15) is 0 Å². The number of hydrogen-bond acceptors (Lipinski definition) is 5. The topological polar surface area (TPSA) is 66.9 Å². The molecule has 0 radical (unpaired) electrons. The molecule has 3 heterocycles. The van der Waals surface area contributed by atoms with Crippen LogP contribution in [0.1, 0.15) is 18.4 Å². The summed E-state index contributed by atoms with van der Waals surface area (Å²) in [5.74, 6) is 0.228. The molecule has 3 atom stereocenters. The third kappa shape index (κ3) is 3.59. The molecule has 3 aliphatic heterocycles. The fourth-order valence-electron chi connectivity index (χ4n) is 4.26. The quantitative estimate of drug-likeness (QED) is 0.786. The van der Waals surface area contributed by atoms with Crippen LogP contribution in [0.2, 0.25) is 0 Å². The number of hydrogen-bond donors (Lipinski definition) is 0. The molecule has 3 fully saturated rings.